The molecule has 132 valence electrons. The molecule has 2 rings (SSSR count). The van der Waals surface area contributed by atoms with Gasteiger partial charge in [-0.2, -0.15) is 0 Å². The average Bonchev–Trinajstić information content (AvgIpc) is 2.56. The van der Waals surface area contributed by atoms with Gasteiger partial charge in [-0.1, -0.05) is 6.07 Å². The second-order valence-corrected chi connectivity index (χ2v) is 6.39. The molecule has 0 saturated heterocycles. The summed E-state index contributed by atoms with van der Waals surface area (Å²) in [6.07, 6.45) is 4.47. The average molecular weight is 331 g/mol. The lowest BCUT2D eigenvalue weighted by molar-refractivity contribution is -0.131. The van der Waals surface area contributed by atoms with Gasteiger partial charge in [0.15, 0.2) is 0 Å². The quantitative estimate of drug-likeness (QED) is 0.754. The number of nitrogens with one attached hydrogen (secondary N) is 1. The first kappa shape index (κ1) is 18.3. The van der Waals surface area contributed by atoms with E-state index in [0.717, 1.165) is 38.0 Å². The molecule has 0 bridgehead atoms. The monoisotopic (exact) mass is 331 g/mol. The highest BCUT2D eigenvalue weighted by Gasteiger charge is 2.21. The molecule has 1 aromatic carbocycles. The Labute approximate surface area is 144 Å². The Morgan fingerprint density at radius 1 is 1.25 bits per heavy atom. The number of nitrogen functional groups attached to an aromatic ring is 1. The molecule has 0 aromatic heterocycles. The molecule has 2 amide bonds. The fraction of sp³-hybridized carbons (Fsp3) is 0.579. The predicted molar refractivity (Wildman–Crippen MR) is 96.5 cm³/mol. The Morgan fingerprint density at radius 2 is 2.00 bits per heavy atom. The Bertz CT molecular complexity index is 582. The van der Waals surface area contributed by atoms with Crippen LogP contribution in [0.25, 0.3) is 0 Å². The van der Waals surface area contributed by atoms with Crippen molar-refractivity contribution in [3.63, 3.8) is 0 Å². The molecule has 0 spiro atoms. The van der Waals surface area contributed by atoms with Crippen LogP contribution in [0.1, 0.15) is 63.1 Å². The van der Waals surface area contributed by atoms with Gasteiger partial charge in [0, 0.05) is 31.6 Å². The summed E-state index contributed by atoms with van der Waals surface area (Å²) in [7, 11) is 0. The van der Waals surface area contributed by atoms with Crippen molar-refractivity contribution in [3.05, 3.63) is 29.3 Å². The van der Waals surface area contributed by atoms with E-state index >= 15 is 0 Å². The zero-order chi connectivity index (χ0) is 17.5. The third-order valence-electron chi connectivity index (χ3n) is 4.73. The molecule has 0 saturated carbocycles. The number of hydrogen-bond acceptors (Lipinski definition) is 3. The molecule has 5 nitrogen and oxygen atoms in total. The van der Waals surface area contributed by atoms with Crippen LogP contribution in [0.15, 0.2) is 18.2 Å². The molecule has 1 aromatic rings. The number of fused-ring (bicyclic) bond motifs is 1. The summed E-state index contributed by atoms with van der Waals surface area (Å²) in [4.78, 5) is 26.0. The molecule has 1 aliphatic carbocycles. The Balaban J connectivity index is 1.83. The van der Waals surface area contributed by atoms with Crippen LogP contribution in [0.3, 0.4) is 0 Å². The highest BCUT2D eigenvalue weighted by Crippen LogP contribution is 2.31. The van der Waals surface area contributed by atoms with Crippen molar-refractivity contribution in [2.45, 2.75) is 58.4 Å². The third-order valence-corrected chi connectivity index (χ3v) is 4.73. The van der Waals surface area contributed by atoms with Crippen LogP contribution in [0.2, 0.25) is 0 Å². The summed E-state index contributed by atoms with van der Waals surface area (Å²) in [6, 6.07) is 6.00. The van der Waals surface area contributed by atoms with Crippen molar-refractivity contribution < 1.29 is 9.59 Å². The van der Waals surface area contributed by atoms with Crippen LogP contribution in [0.4, 0.5) is 5.69 Å². The number of hydrogen-bond donors (Lipinski definition) is 2. The molecule has 0 aliphatic heterocycles. The standard InChI is InChI=1S/C19H29N3O2/c1-3-22(4-2)19(24)10-6-9-18(23)21-17-8-5-7-14-13-15(20)11-12-16(14)17/h11-13,17H,3-10,20H2,1-2H3,(H,21,23). The van der Waals surface area contributed by atoms with Crippen LogP contribution in [0.5, 0.6) is 0 Å². The van der Waals surface area contributed by atoms with Gasteiger partial charge >= 0.3 is 0 Å². The number of rotatable bonds is 7. The van der Waals surface area contributed by atoms with Gasteiger partial charge in [0.25, 0.3) is 0 Å². The van der Waals surface area contributed by atoms with Gasteiger partial charge in [0.05, 0.1) is 6.04 Å². The third kappa shape index (κ3) is 4.73. The van der Waals surface area contributed by atoms with Crippen LogP contribution in [-0.2, 0) is 16.0 Å². The number of aryl methyl sites for hydroxylation is 1. The zero-order valence-electron chi connectivity index (χ0n) is 14.8. The van der Waals surface area contributed by atoms with Crippen LogP contribution >= 0.6 is 0 Å². The molecule has 3 N–H and O–H groups in total. The molecule has 1 unspecified atom stereocenters. The number of carbonyl (C=O) groups excluding carboxylic acids is 2. The highest BCUT2D eigenvalue weighted by molar-refractivity contribution is 5.79. The summed E-state index contributed by atoms with van der Waals surface area (Å²) in [5, 5.41) is 3.12. The minimum atomic E-state index is 0.0250. The predicted octanol–water partition coefficient (Wildman–Crippen LogP) is 2.80. The smallest absolute Gasteiger partial charge is 0.222 e. The lowest BCUT2D eigenvalue weighted by Crippen LogP contribution is -2.32. The van der Waals surface area contributed by atoms with Crippen molar-refractivity contribution >= 4 is 17.5 Å². The summed E-state index contributed by atoms with van der Waals surface area (Å²) in [6.45, 7) is 5.40. The lowest BCUT2D eigenvalue weighted by Gasteiger charge is -2.26. The second kappa shape index (κ2) is 8.71. The van der Waals surface area contributed by atoms with Gasteiger partial charge in [-0.3, -0.25) is 9.59 Å². The van der Waals surface area contributed by atoms with Crippen molar-refractivity contribution in [2.75, 3.05) is 18.8 Å². The van der Waals surface area contributed by atoms with Gasteiger partial charge in [0.2, 0.25) is 11.8 Å². The Hall–Kier alpha value is -2.04. The number of carbonyl (C=O) groups is 2. The van der Waals surface area contributed by atoms with Crippen LogP contribution in [-0.4, -0.2) is 29.8 Å². The Kier molecular flexibility index (Phi) is 6.64. The van der Waals surface area contributed by atoms with E-state index in [1.54, 1.807) is 4.90 Å². The van der Waals surface area contributed by atoms with E-state index < -0.39 is 0 Å². The van der Waals surface area contributed by atoms with Crippen molar-refractivity contribution in [1.29, 1.82) is 0 Å². The molecule has 0 fully saturated rings. The van der Waals surface area contributed by atoms with Gasteiger partial charge in [0.1, 0.15) is 0 Å². The first-order valence-corrected chi connectivity index (χ1v) is 9.00. The normalized spacial score (nSPS) is 16.3. The largest absolute Gasteiger partial charge is 0.399 e. The summed E-state index contributed by atoms with van der Waals surface area (Å²) >= 11 is 0. The highest BCUT2D eigenvalue weighted by atomic mass is 16.2. The SMILES string of the molecule is CCN(CC)C(=O)CCCC(=O)NC1CCCc2cc(N)ccc21. The van der Waals surface area contributed by atoms with E-state index in [1.807, 2.05) is 32.0 Å². The number of nitrogens with two attached hydrogens (primary N) is 1. The first-order chi connectivity index (χ1) is 11.5. The van der Waals surface area contributed by atoms with E-state index in [-0.39, 0.29) is 17.9 Å². The maximum atomic E-state index is 12.2. The minimum Gasteiger partial charge on any atom is -0.399 e. The molecule has 1 aliphatic rings. The molecule has 0 heterocycles. The number of amides is 2. The molecule has 24 heavy (non-hydrogen) atoms. The fourth-order valence-corrected chi connectivity index (χ4v) is 3.39. The Morgan fingerprint density at radius 3 is 2.71 bits per heavy atom. The van der Waals surface area contributed by atoms with Gasteiger partial charge in [-0.05, 0) is 62.8 Å². The van der Waals surface area contributed by atoms with E-state index in [2.05, 4.69) is 5.32 Å². The van der Waals surface area contributed by atoms with E-state index in [0.29, 0.717) is 19.3 Å². The number of anilines is 1. The summed E-state index contributed by atoms with van der Waals surface area (Å²) in [5.74, 6) is 0.156. The van der Waals surface area contributed by atoms with Crippen molar-refractivity contribution in [3.8, 4) is 0 Å². The van der Waals surface area contributed by atoms with Gasteiger partial charge < -0.3 is 16.0 Å². The van der Waals surface area contributed by atoms with E-state index in [4.69, 9.17) is 5.73 Å². The second-order valence-electron chi connectivity index (χ2n) is 6.39. The molecular formula is C19H29N3O2. The zero-order valence-corrected chi connectivity index (χ0v) is 14.8. The van der Waals surface area contributed by atoms with E-state index in [9.17, 15) is 9.59 Å². The molecule has 5 heteroatoms. The number of benzene rings is 1. The maximum absolute atomic E-state index is 12.2. The lowest BCUT2D eigenvalue weighted by atomic mass is 9.87. The summed E-state index contributed by atoms with van der Waals surface area (Å²) in [5.41, 5.74) is 9.04. The van der Waals surface area contributed by atoms with E-state index in [1.165, 1.54) is 11.1 Å². The molecule has 0 radical (unpaired) electrons. The maximum Gasteiger partial charge on any atom is 0.222 e. The fourth-order valence-electron chi connectivity index (χ4n) is 3.39. The van der Waals surface area contributed by atoms with Gasteiger partial charge in [-0.15, -0.1) is 0 Å². The summed E-state index contributed by atoms with van der Waals surface area (Å²) < 4.78 is 0. The van der Waals surface area contributed by atoms with Crippen LogP contribution in [0, 0.1) is 0 Å². The first-order valence-electron chi connectivity index (χ1n) is 9.00. The molecule has 1 atom stereocenters. The number of nitrogens with zero attached hydrogens (tertiary/aromatic N) is 1. The van der Waals surface area contributed by atoms with Gasteiger partial charge in [-0.25, -0.2) is 0 Å². The van der Waals surface area contributed by atoms with Crippen molar-refractivity contribution in [1.82, 2.24) is 10.2 Å². The van der Waals surface area contributed by atoms with Crippen molar-refractivity contribution in [2.24, 2.45) is 0 Å². The molecular weight excluding hydrogens is 302 g/mol. The topological polar surface area (TPSA) is 75.4 Å². The minimum absolute atomic E-state index is 0.0250. The van der Waals surface area contributed by atoms with Crippen LogP contribution < -0.4 is 11.1 Å².